The number of amides is 4. The number of rotatable bonds is 10. The van der Waals surface area contributed by atoms with Crippen LogP contribution in [0, 0.1) is 17.0 Å². The van der Waals surface area contributed by atoms with E-state index in [2.05, 4.69) is 21.2 Å². The summed E-state index contributed by atoms with van der Waals surface area (Å²) < 4.78 is 17.7. The molecule has 0 radical (unpaired) electrons. The molecule has 228 valence electrons. The maximum Gasteiger partial charge on any atom is 0.335 e. The molecule has 4 aromatic carbocycles. The summed E-state index contributed by atoms with van der Waals surface area (Å²) in [5, 5.41) is 13.1. The summed E-state index contributed by atoms with van der Waals surface area (Å²) in [5.74, 6) is -0.447. The highest BCUT2D eigenvalue weighted by Crippen LogP contribution is 2.38. The van der Waals surface area contributed by atoms with Crippen molar-refractivity contribution in [3.63, 3.8) is 0 Å². The zero-order chi connectivity index (χ0) is 32.1. The molecule has 1 fully saturated rings. The van der Waals surface area contributed by atoms with Crippen LogP contribution >= 0.6 is 15.9 Å². The summed E-state index contributed by atoms with van der Waals surface area (Å²) >= 11 is 3.45. The lowest BCUT2D eigenvalue weighted by molar-refractivity contribution is -0.384. The van der Waals surface area contributed by atoms with Crippen LogP contribution in [0.25, 0.3) is 6.08 Å². The summed E-state index contributed by atoms with van der Waals surface area (Å²) in [7, 11) is 1.43. The molecular weight excluding hydrogens is 646 g/mol. The zero-order valence-electron chi connectivity index (χ0n) is 24.1. The number of non-ortho nitro benzene ring substituents is 1. The molecule has 1 aliphatic rings. The molecule has 5 rings (SSSR count). The first kappa shape index (κ1) is 31.0. The third kappa shape index (κ3) is 7.19. The number of carbonyl (C=O) groups excluding carboxylic acids is 3. The Morgan fingerprint density at radius 1 is 0.889 bits per heavy atom. The second-order valence-electron chi connectivity index (χ2n) is 9.97. The summed E-state index contributed by atoms with van der Waals surface area (Å²) in [4.78, 5) is 50.2. The lowest BCUT2D eigenvalue weighted by Gasteiger charge is -2.26. The number of hydrogen-bond acceptors (Lipinski definition) is 8. The molecule has 45 heavy (non-hydrogen) atoms. The summed E-state index contributed by atoms with van der Waals surface area (Å²) in [6.45, 7) is 2.45. The Kier molecular flexibility index (Phi) is 9.24. The highest BCUT2D eigenvalue weighted by molar-refractivity contribution is 9.10. The predicted octanol–water partition coefficient (Wildman–Crippen LogP) is 6.50. The second-order valence-corrected chi connectivity index (χ2v) is 10.8. The minimum atomic E-state index is -0.871. The smallest absolute Gasteiger partial charge is 0.335 e. The van der Waals surface area contributed by atoms with Crippen LogP contribution in [0.3, 0.4) is 0 Å². The number of nitrogens with one attached hydrogen (secondary N) is 1. The molecule has 0 spiro atoms. The van der Waals surface area contributed by atoms with Crippen molar-refractivity contribution in [2.24, 2.45) is 0 Å². The van der Waals surface area contributed by atoms with Gasteiger partial charge in [0.25, 0.3) is 17.5 Å². The minimum Gasteiger partial charge on any atom is -0.493 e. The van der Waals surface area contributed by atoms with Crippen molar-refractivity contribution in [2.75, 3.05) is 12.0 Å². The van der Waals surface area contributed by atoms with Crippen molar-refractivity contribution in [1.82, 2.24) is 5.32 Å². The van der Waals surface area contributed by atoms with E-state index in [1.807, 2.05) is 31.2 Å². The van der Waals surface area contributed by atoms with Crippen LogP contribution in [-0.2, 0) is 22.8 Å². The molecular formula is C33H26BrN3O8. The first-order valence-electron chi connectivity index (χ1n) is 13.6. The van der Waals surface area contributed by atoms with Gasteiger partial charge in [0.1, 0.15) is 24.5 Å². The van der Waals surface area contributed by atoms with Gasteiger partial charge in [-0.1, -0.05) is 29.8 Å². The number of ether oxygens (including phenoxy) is 3. The Hall–Kier alpha value is -5.49. The molecule has 12 heteroatoms. The van der Waals surface area contributed by atoms with Crippen molar-refractivity contribution in [3.8, 4) is 17.2 Å². The van der Waals surface area contributed by atoms with E-state index in [1.54, 1.807) is 48.5 Å². The highest BCUT2D eigenvalue weighted by atomic mass is 79.9. The van der Waals surface area contributed by atoms with Crippen molar-refractivity contribution >= 4 is 51.2 Å². The quantitative estimate of drug-likeness (QED) is 0.0873. The second kappa shape index (κ2) is 13.4. The van der Waals surface area contributed by atoms with E-state index in [1.165, 1.54) is 25.3 Å². The number of imide groups is 2. The number of barbiturate groups is 1. The number of nitro groups is 1. The summed E-state index contributed by atoms with van der Waals surface area (Å²) in [6.07, 6.45) is 1.35. The van der Waals surface area contributed by atoms with Gasteiger partial charge in [0.15, 0.2) is 11.5 Å². The largest absolute Gasteiger partial charge is 0.493 e. The van der Waals surface area contributed by atoms with Crippen LogP contribution in [0.4, 0.5) is 16.2 Å². The Bertz CT molecular complexity index is 1800. The van der Waals surface area contributed by atoms with Gasteiger partial charge in [0, 0.05) is 12.1 Å². The Morgan fingerprint density at radius 3 is 2.13 bits per heavy atom. The number of anilines is 1. The van der Waals surface area contributed by atoms with Crippen molar-refractivity contribution in [3.05, 3.63) is 127 Å². The minimum absolute atomic E-state index is 0.0311. The molecule has 1 heterocycles. The van der Waals surface area contributed by atoms with Gasteiger partial charge in [-0.15, -0.1) is 0 Å². The molecule has 1 N–H and O–H groups in total. The zero-order valence-corrected chi connectivity index (χ0v) is 25.7. The monoisotopic (exact) mass is 671 g/mol. The van der Waals surface area contributed by atoms with Gasteiger partial charge in [-0.25, -0.2) is 9.69 Å². The molecule has 0 unspecified atom stereocenters. The maximum absolute atomic E-state index is 13.4. The van der Waals surface area contributed by atoms with Crippen LogP contribution in [0.5, 0.6) is 17.2 Å². The number of methoxy groups -OCH3 is 1. The summed E-state index contributed by atoms with van der Waals surface area (Å²) in [6, 6.07) is 22.6. The van der Waals surface area contributed by atoms with E-state index in [-0.39, 0.29) is 23.6 Å². The first-order valence-corrected chi connectivity index (χ1v) is 14.4. The number of aryl methyl sites for hydroxylation is 1. The Balaban J connectivity index is 1.32. The van der Waals surface area contributed by atoms with Gasteiger partial charge in [0.05, 0.1) is 22.2 Å². The van der Waals surface area contributed by atoms with Crippen molar-refractivity contribution in [1.29, 1.82) is 0 Å². The van der Waals surface area contributed by atoms with Gasteiger partial charge >= 0.3 is 6.03 Å². The molecule has 0 atom stereocenters. The number of hydrogen-bond donors (Lipinski definition) is 1. The molecule has 0 bridgehead atoms. The van der Waals surface area contributed by atoms with E-state index in [9.17, 15) is 24.5 Å². The van der Waals surface area contributed by atoms with E-state index >= 15 is 0 Å². The maximum atomic E-state index is 13.4. The van der Waals surface area contributed by atoms with Crippen LogP contribution in [0.1, 0.15) is 22.3 Å². The SMILES string of the molecule is COc1cc(/C=C2\C(=O)NC(=O)N(c3ccc(OCc4ccc(C)cc4)cc3)C2=O)cc(Br)c1OCc1ccc([N+](=O)[O-])cc1. The fourth-order valence-electron chi connectivity index (χ4n) is 4.43. The Morgan fingerprint density at radius 2 is 1.51 bits per heavy atom. The van der Waals surface area contributed by atoms with Crippen LogP contribution in [-0.4, -0.2) is 29.9 Å². The van der Waals surface area contributed by atoms with E-state index < -0.39 is 22.8 Å². The molecule has 0 saturated carbocycles. The fraction of sp³-hybridized carbons (Fsp3) is 0.121. The normalized spacial score (nSPS) is 13.9. The topological polar surface area (TPSA) is 137 Å². The summed E-state index contributed by atoms with van der Waals surface area (Å²) in [5.41, 5.74) is 3.23. The van der Waals surface area contributed by atoms with E-state index in [0.29, 0.717) is 39.5 Å². The van der Waals surface area contributed by atoms with E-state index in [0.717, 1.165) is 16.0 Å². The number of nitrogens with zero attached hydrogens (tertiary/aromatic N) is 2. The number of halogens is 1. The predicted molar refractivity (Wildman–Crippen MR) is 169 cm³/mol. The fourth-order valence-corrected chi connectivity index (χ4v) is 5.01. The average molecular weight is 672 g/mol. The van der Waals surface area contributed by atoms with Crippen molar-refractivity contribution < 1.29 is 33.5 Å². The average Bonchev–Trinajstić information content (AvgIpc) is 3.02. The highest BCUT2D eigenvalue weighted by Gasteiger charge is 2.37. The van der Waals surface area contributed by atoms with Gasteiger partial charge in [0.2, 0.25) is 0 Å². The third-order valence-electron chi connectivity index (χ3n) is 6.82. The van der Waals surface area contributed by atoms with Crippen LogP contribution in [0.2, 0.25) is 0 Å². The standard InChI is InChI=1S/C33H26BrN3O8/c1-20-3-5-21(6-4-20)18-44-26-13-11-24(12-14-26)36-32(39)27(31(38)35-33(36)40)15-23-16-28(34)30(29(17-23)43-2)45-19-22-7-9-25(10-8-22)37(41)42/h3-17H,18-19H2,1-2H3,(H,35,38,40)/b27-15+. The number of urea groups is 1. The first-order chi connectivity index (χ1) is 21.6. The third-order valence-corrected chi connectivity index (χ3v) is 7.40. The van der Waals surface area contributed by atoms with E-state index in [4.69, 9.17) is 14.2 Å². The molecule has 1 saturated heterocycles. The number of nitro benzene ring substituents is 1. The van der Waals surface area contributed by atoms with Gasteiger partial charge in [-0.2, -0.15) is 0 Å². The molecule has 0 aromatic heterocycles. The molecule has 4 aromatic rings. The lowest BCUT2D eigenvalue weighted by Crippen LogP contribution is -2.54. The van der Waals surface area contributed by atoms with Crippen LogP contribution in [0.15, 0.2) is 95.0 Å². The van der Waals surface area contributed by atoms with Crippen molar-refractivity contribution in [2.45, 2.75) is 20.1 Å². The van der Waals surface area contributed by atoms with Gasteiger partial charge in [-0.05, 0) is 94.2 Å². The molecule has 1 aliphatic heterocycles. The molecule has 0 aliphatic carbocycles. The Labute approximate surface area is 266 Å². The number of benzene rings is 4. The molecule has 4 amide bonds. The van der Waals surface area contributed by atoms with Gasteiger partial charge in [-0.3, -0.25) is 25.0 Å². The van der Waals surface area contributed by atoms with Gasteiger partial charge < -0.3 is 14.2 Å². The number of carbonyl (C=O) groups is 3. The molecule has 11 nitrogen and oxygen atoms in total. The lowest BCUT2D eigenvalue weighted by atomic mass is 10.1. The van der Waals surface area contributed by atoms with Crippen LogP contribution < -0.4 is 24.4 Å².